The topological polar surface area (TPSA) is 95.9 Å². The van der Waals surface area contributed by atoms with Gasteiger partial charge in [0.05, 0.1) is 25.1 Å². The number of hydrogen-bond acceptors (Lipinski definition) is 5. The monoisotopic (exact) mass is 470 g/mol. The minimum atomic E-state index is -0.616. The summed E-state index contributed by atoms with van der Waals surface area (Å²) in [5.74, 6) is -1.30. The lowest BCUT2D eigenvalue weighted by Crippen LogP contribution is -2.41. The fourth-order valence-electron chi connectivity index (χ4n) is 4.17. The van der Waals surface area contributed by atoms with Gasteiger partial charge < -0.3 is 20.1 Å². The third-order valence-corrected chi connectivity index (χ3v) is 6.10. The highest BCUT2D eigenvalue weighted by Gasteiger charge is 2.31. The Morgan fingerprint density at radius 1 is 1.18 bits per heavy atom. The van der Waals surface area contributed by atoms with Crippen LogP contribution in [0.2, 0.25) is 0 Å². The molecule has 0 aromatic heterocycles. The van der Waals surface area contributed by atoms with Crippen molar-refractivity contribution in [2.45, 2.75) is 63.5 Å². The van der Waals surface area contributed by atoms with Crippen molar-refractivity contribution in [3.63, 3.8) is 0 Å². The zero-order chi connectivity index (χ0) is 24.8. The number of benzene rings is 1. The molecule has 1 saturated heterocycles. The number of nitrogens with zero attached hydrogens (tertiary/aromatic N) is 1. The van der Waals surface area contributed by atoms with Crippen LogP contribution in [-0.2, 0) is 19.1 Å². The summed E-state index contributed by atoms with van der Waals surface area (Å²) < 4.78 is 5.70. The Hall–Kier alpha value is -2.93. The molecule has 1 aromatic rings. The minimum Gasteiger partial charge on any atom is -0.456 e. The van der Waals surface area contributed by atoms with Crippen LogP contribution in [0.4, 0.5) is 0 Å². The maximum Gasteiger partial charge on any atom is 0.306 e. The van der Waals surface area contributed by atoms with E-state index in [1.165, 1.54) is 0 Å². The van der Waals surface area contributed by atoms with Crippen LogP contribution in [0.15, 0.2) is 55.6 Å². The van der Waals surface area contributed by atoms with E-state index in [4.69, 9.17) is 4.74 Å². The molecule has 1 fully saturated rings. The number of aliphatic hydroxyl groups is 1. The molecule has 1 aromatic carbocycles. The zero-order valence-corrected chi connectivity index (χ0v) is 20.0. The lowest BCUT2D eigenvalue weighted by atomic mass is 9.99. The molecule has 0 saturated carbocycles. The van der Waals surface area contributed by atoms with Crippen molar-refractivity contribution < 1.29 is 24.2 Å². The Kier molecular flexibility index (Phi) is 12.1. The molecular formula is C27H38N2O5. The van der Waals surface area contributed by atoms with Crippen molar-refractivity contribution in [1.29, 1.82) is 0 Å². The standard InChI is InChI=1S/C27H38N2O5/c1-3-5-6-10-16-26(32)34-24(21-13-8-7-9-14-21)19-28-27(33)22(12-4-2)18-25(31)29-17-11-15-23(29)20-30/h3-4,7-9,13-14,22-24,30H,1-2,5-6,10-12,15-20H2,(H,28,33)/t22-,23+,24-/m1/s1. The number of esters is 1. The SMILES string of the molecule is C=CCCCCC(=O)O[C@H](CNC(=O)[C@H](CC=C)CC(=O)N1CCC[C@H]1CO)c1ccccc1. The first-order valence-corrected chi connectivity index (χ1v) is 12.1. The molecule has 186 valence electrons. The van der Waals surface area contributed by atoms with E-state index in [2.05, 4.69) is 18.5 Å². The Bertz CT molecular complexity index is 810. The summed E-state index contributed by atoms with van der Waals surface area (Å²) in [6.07, 6.45) is 7.62. The first-order valence-electron chi connectivity index (χ1n) is 12.1. The van der Waals surface area contributed by atoms with Gasteiger partial charge in [0.1, 0.15) is 6.10 Å². The van der Waals surface area contributed by atoms with E-state index in [1.807, 2.05) is 36.4 Å². The van der Waals surface area contributed by atoms with Crippen LogP contribution in [0.3, 0.4) is 0 Å². The number of aliphatic hydroxyl groups excluding tert-OH is 1. The summed E-state index contributed by atoms with van der Waals surface area (Å²) in [4.78, 5) is 39.8. The second-order valence-corrected chi connectivity index (χ2v) is 8.66. The molecule has 0 radical (unpaired) electrons. The first-order chi connectivity index (χ1) is 16.5. The van der Waals surface area contributed by atoms with Crippen LogP contribution in [-0.4, -0.2) is 53.5 Å². The van der Waals surface area contributed by atoms with Crippen molar-refractivity contribution in [2.75, 3.05) is 19.7 Å². The van der Waals surface area contributed by atoms with Crippen LogP contribution in [0.1, 0.15) is 63.0 Å². The second-order valence-electron chi connectivity index (χ2n) is 8.66. The molecular weight excluding hydrogens is 432 g/mol. The van der Waals surface area contributed by atoms with Crippen LogP contribution < -0.4 is 5.32 Å². The van der Waals surface area contributed by atoms with E-state index in [0.717, 1.165) is 31.2 Å². The predicted octanol–water partition coefficient (Wildman–Crippen LogP) is 3.70. The molecule has 0 bridgehead atoms. The number of unbranched alkanes of at least 4 members (excludes halogenated alkanes) is 2. The molecule has 3 atom stereocenters. The second kappa shape index (κ2) is 15.1. The summed E-state index contributed by atoms with van der Waals surface area (Å²) >= 11 is 0. The van der Waals surface area contributed by atoms with Crippen molar-refractivity contribution in [2.24, 2.45) is 5.92 Å². The fraction of sp³-hybridized carbons (Fsp3) is 0.519. The van der Waals surface area contributed by atoms with Gasteiger partial charge in [-0.25, -0.2) is 0 Å². The highest BCUT2D eigenvalue weighted by atomic mass is 16.5. The van der Waals surface area contributed by atoms with Gasteiger partial charge in [0.15, 0.2) is 0 Å². The Labute approximate surface area is 202 Å². The number of allylic oxidation sites excluding steroid dienone is 2. The van der Waals surface area contributed by atoms with Crippen LogP contribution in [0.5, 0.6) is 0 Å². The molecule has 0 unspecified atom stereocenters. The van der Waals surface area contributed by atoms with Crippen LogP contribution in [0.25, 0.3) is 0 Å². The largest absolute Gasteiger partial charge is 0.456 e. The lowest BCUT2D eigenvalue weighted by Gasteiger charge is -2.25. The molecule has 7 nitrogen and oxygen atoms in total. The van der Waals surface area contributed by atoms with Crippen molar-refractivity contribution >= 4 is 17.8 Å². The van der Waals surface area contributed by atoms with Gasteiger partial charge in [0.2, 0.25) is 11.8 Å². The van der Waals surface area contributed by atoms with Crippen LogP contribution in [0, 0.1) is 5.92 Å². The number of likely N-dealkylation sites (tertiary alicyclic amines) is 1. The van der Waals surface area contributed by atoms with Gasteiger partial charge in [-0.1, -0.05) is 42.5 Å². The van der Waals surface area contributed by atoms with Gasteiger partial charge in [0.25, 0.3) is 0 Å². The highest BCUT2D eigenvalue weighted by molar-refractivity contribution is 5.86. The molecule has 2 amide bonds. The molecule has 1 aliphatic rings. The van der Waals surface area contributed by atoms with E-state index in [-0.39, 0.29) is 43.4 Å². The molecule has 0 aliphatic carbocycles. The fourth-order valence-corrected chi connectivity index (χ4v) is 4.17. The van der Waals surface area contributed by atoms with Crippen molar-refractivity contribution in [3.8, 4) is 0 Å². The van der Waals surface area contributed by atoms with Gasteiger partial charge in [-0.15, -0.1) is 13.2 Å². The molecule has 1 aliphatic heterocycles. The zero-order valence-electron chi connectivity index (χ0n) is 20.0. The number of rotatable bonds is 15. The van der Waals surface area contributed by atoms with E-state index >= 15 is 0 Å². The Balaban J connectivity index is 1.98. The van der Waals surface area contributed by atoms with Gasteiger partial charge in [-0.2, -0.15) is 0 Å². The summed E-state index contributed by atoms with van der Waals surface area (Å²) in [5.41, 5.74) is 0.793. The average Bonchev–Trinajstić information content (AvgIpc) is 3.33. The van der Waals surface area contributed by atoms with Gasteiger partial charge in [0, 0.05) is 19.4 Å². The summed E-state index contributed by atoms with van der Waals surface area (Å²) in [6.45, 7) is 8.06. The molecule has 2 rings (SSSR count). The van der Waals surface area contributed by atoms with E-state index in [1.54, 1.807) is 11.0 Å². The van der Waals surface area contributed by atoms with Crippen molar-refractivity contribution in [3.05, 3.63) is 61.2 Å². The molecule has 0 spiro atoms. The van der Waals surface area contributed by atoms with Gasteiger partial charge in [-0.05, 0) is 44.1 Å². The average molecular weight is 471 g/mol. The third-order valence-electron chi connectivity index (χ3n) is 6.10. The number of hydrogen-bond donors (Lipinski definition) is 2. The molecule has 1 heterocycles. The number of nitrogens with one attached hydrogen (secondary N) is 1. The number of ether oxygens (including phenoxy) is 1. The molecule has 7 heteroatoms. The maximum atomic E-state index is 13.0. The molecule has 34 heavy (non-hydrogen) atoms. The Morgan fingerprint density at radius 3 is 2.62 bits per heavy atom. The normalized spacial score (nSPS) is 17.0. The minimum absolute atomic E-state index is 0.0491. The van der Waals surface area contributed by atoms with Crippen molar-refractivity contribution in [1.82, 2.24) is 10.2 Å². The maximum absolute atomic E-state index is 13.0. The van der Waals surface area contributed by atoms with E-state index < -0.39 is 12.0 Å². The smallest absolute Gasteiger partial charge is 0.306 e. The Morgan fingerprint density at radius 2 is 1.94 bits per heavy atom. The van der Waals surface area contributed by atoms with Gasteiger partial charge >= 0.3 is 5.97 Å². The summed E-state index contributed by atoms with van der Waals surface area (Å²) in [5, 5.41) is 12.4. The number of amides is 2. The van der Waals surface area contributed by atoms with E-state index in [9.17, 15) is 19.5 Å². The van der Waals surface area contributed by atoms with E-state index in [0.29, 0.717) is 25.8 Å². The lowest BCUT2D eigenvalue weighted by molar-refractivity contribution is -0.150. The number of carbonyl (C=O) groups excluding carboxylic acids is 3. The molecule has 2 N–H and O–H groups in total. The highest BCUT2D eigenvalue weighted by Crippen LogP contribution is 2.22. The summed E-state index contributed by atoms with van der Waals surface area (Å²) in [6, 6.07) is 9.13. The van der Waals surface area contributed by atoms with Gasteiger partial charge in [-0.3, -0.25) is 14.4 Å². The predicted molar refractivity (Wildman–Crippen MR) is 132 cm³/mol. The third kappa shape index (κ3) is 8.78. The van der Waals surface area contributed by atoms with Crippen LogP contribution >= 0.6 is 0 Å². The number of carbonyl (C=O) groups is 3. The quantitative estimate of drug-likeness (QED) is 0.232. The first kappa shape index (κ1) is 27.3. The summed E-state index contributed by atoms with van der Waals surface area (Å²) in [7, 11) is 0.